The van der Waals surface area contributed by atoms with Gasteiger partial charge in [-0.1, -0.05) is 25.3 Å². The maximum absolute atomic E-state index is 14.5. The summed E-state index contributed by atoms with van der Waals surface area (Å²) in [6.45, 7) is 2.77. The molecule has 2 aromatic rings. The molecule has 0 aromatic carbocycles. The molecule has 4 atom stereocenters. The van der Waals surface area contributed by atoms with Crippen LogP contribution in [0.5, 0.6) is 0 Å². The average Bonchev–Trinajstić information content (AvgIpc) is 3.32. The lowest BCUT2D eigenvalue weighted by atomic mass is 9.64. The van der Waals surface area contributed by atoms with Crippen LogP contribution < -0.4 is 35.1 Å². The third-order valence-electron chi connectivity index (χ3n) is 9.68. The van der Waals surface area contributed by atoms with Gasteiger partial charge in [0.25, 0.3) is 5.15 Å². The van der Waals surface area contributed by atoms with Crippen molar-refractivity contribution >= 4 is 17.5 Å². The summed E-state index contributed by atoms with van der Waals surface area (Å²) in [4.78, 5) is 25.0. The summed E-state index contributed by atoms with van der Waals surface area (Å²) in [6.07, 6.45) is 13.7. The molecule has 5 nitrogen and oxygen atoms in total. The van der Waals surface area contributed by atoms with Gasteiger partial charge in [0.05, 0.1) is 18.5 Å². The lowest BCUT2D eigenvalue weighted by Crippen LogP contribution is -3.00. The Morgan fingerprint density at radius 1 is 1.08 bits per heavy atom. The zero-order valence-corrected chi connectivity index (χ0v) is 23.7. The number of carbonyl (C=O) groups is 1. The van der Waals surface area contributed by atoms with Gasteiger partial charge >= 0.3 is 0 Å². The standard InChI is InChI=1S/C29H37ClN4O.2ClH/c30-27-12-11-22-25(33-27)10-6-14-29(22)19-31-18-23(29)28(35)34-16-13-21(24-9-4-5-15-32-24)17-26(34)20-7-2-1-3-8-20;;/h4-5,9,11-12,15,20-21,23,26,31H,1-3,6-8,10,13-14,16-19H2;2*1H/t21?,23-,26?,29-;;/m0../s1. The Morgan fingerprint density at radius 2 is 1.92 bits per heavy atom. The van der Waals surface area contributed by atoms with Crippen molar-refractivity contribution in [2.45, 2.75) is 81.6 Å². The number of nitrogens with zero attached hydrogens (tertiary/aromatic N) is 2. The molecule has 202 valence electrons. The van der Waals surface area contributed by atoms with E-state index in [1.54, 1.807) is 0 Å². The van der Waals surface area contributed by atoms with Crippen LogP contribution in [0, 0.1) is 11.8 Å². The van der Waals surface area contributed by atoms with Gasteiger partial charge in [0.2, 0.25) is 5.91 Å². The molecule has 3 N–H and O–H groups in total. The molecule has 2 aliphatic carbocycles. The van der Waals surface area contributed by atoms with Crippen molar-refractivity contribution in [1.29, 1.82) is 0 Å². The smallest absolute Gasteiger partial charge is 0.273 e. The molecule has 2 saturated heterocycles. The van der Waals surface area contributed by atoms with E-state index in [0.29, 0.717) is 28.9 Å². The predicted octanol–water partition coefficient (Wildman–Crippen LogP) is -2.32. The van der Waals surface area contributed by atoms with Crippen LogP contribution in [0.15, 0.2) is 36.5 Å². The Morgan fingerprint density at radius 3 is 2.70 bits per heavy atom. The third-order valence-corrected chi connectivity index (χ3v) is 9.90. The summed E-state index contributed by atoms with van der Waals surface area (Å²) >= 11 is 6.32. The zero-order chi connectivity index (χ0) is 23.8. The molecule has 2 aliphatic heterocycles. The van der Waals surface area contributed by atoms with Crippen LogP contribution in [0.3, 0.4) is 0 Å². The maximum Gasteiger partial charge on any atom is 0.273 e. The first-order valence-electron chi connectivity index (χ1n) is 13.9. The highest BCUT2D eigenvalue weighted by molar-refractivity contribution is 6.28. The molecule has 4 heterocycles. The molecule has 1 amide bonds. The fraction of sp³-hybridized carbons (Fsp3) is 0.621. The summed E-state index contributed by atoms with van der Waals surface area (Å²) < 4.78 is 0. The molecular weight excluding hydrogens is 527 g/mol. The highest BCUT2D eigenvalue weighted by atomic mass is 35.5. The summed E-state index contributed by atoms with van der Waals surface area (Å²) in [5.41, 5.74) is 3.73. The topological polar surface area (TPSA) is 64.0 Å². The van der Waals surface area contributed by atoms with Gasteiger partial charge in [0.15, 0.2) is 5.69 Å². The van der Waals surface area contributed by atoms with E-state index in [4.69, 9.17) is 16.6 Å². The van der Waals surface area contributed by atoms with Gasteiger partial charge in [0, 0.05) is 48.4 Å². The number of quaternary nitrogens is 1. The molecule has 0 bridgehead atoms. The number of aromatic amines is 1. The monoisotopic (exact) mass is 564 g/mol. The Bertz CT molecular complexity index is 1060. The van der Waals surface area contributed by atoms with Crippen LogP contribution in [-0.4, -0.2) is 41.5 Å². The molecule has 2 aromatic heterocycles. The third kappa shape index (κ3) is 5.39. The number of amides is 1. The van der Waals surface area contributed by atoms with Crippen molar-refractivity contribution in [2.24, 2.45) is 11.8 Å². The summed E-state index contributed by atoms with van der Waals surface area (Å²) in [7, 11) is 0. The molecule has 1 spiro atoms. The Balaban J connectivity index is 0.00000160. The average molecular weight is 566 g/mol. The molecule has 8 heteroatoms. The normalized spacial score (nSPS) is 29.8. The lowest BCUT2D eigenvalue weighted by molar-refractivity contribution is -0.640. The number of nitrogens with two attached hydrogens (primary N) is 1. The number of H-pyrrole nitrogens is 1. The number of carbonyl (C=O) groups excluding carboxylic acids is 1. The van der Waals surface area contributed by atoms with Crippen molar-refractivity contribution < 1.29 is 39.9 Å². The fourth-order valence-electron chi connectivity index (χ4n) is 8.00. The second-order valence-corrected chi connectivity index (χ2v) is 11.9. The number of hydrogen-bond acceptors (Lipinski definition) is 2. The second-order valence-electron chi connectivity index (χ2n) is 11.5. The van der Waals surface area contributed by atoms with Gasteiger partial charge in [-0.2, -0.15) is 4.98 Å². The zero-order valence-electron chi connectivity index (χ0n) is 21.5. The summed E-state index contributed by atoms with van der Waals surface area (Å²) in [5.74, 6) is 1.56. The number of aromatic nitrogens is 2. The van der Waals surface area contributed by atoms with E-state index in [2.05, 4.69) is 33.4 Å². The number of pyridine rings is 2. The first kappa shape index (κ1) is 28.6. The maximum atomic E-state index is 14.5. The van der Waals surface area contributed by atoms with Crippen LogP contribution in [0.4, 0.5) is 0 Å². The SMILES string of the molecule is O=C([C@@H]1C[NH2+]C[C@]12CCCc1[nH+]c(Cl)ccc12)N1CCC(c2ccccn2)CC1C1CCCCC1.[Cl-].[Cl-]. The molecular formula is C29H39Cl3N4O. The van der Waals surface area contributed by atoms with Gasteiger partial charge < -0.3 is 35.0 Å². The lowest BCUT2D eigenvalue weighted by Gasteiger charge is -2.46. The molecule has 3 fully saturated rings. The Kier molecular flexibility index (Phi) is 9.43. The van der Waals surface area contributed by atoms with Crippen LogP contribution in [-0.2, 0) is 16.6 Å². The molecule has 37 heavy (non-hydrogen) atoms. The van der Waals surface area contributed by atoms with E-state index >= 15 is 0 Å². The summed E-state index contributed by atoms with van der Waals surface area (Å²) in [6, 6.07) is 10.8. The van der Waals surface area contributed by atoms with Crippen molar-refractivity contribution in [2.75, 3.05) is 19.6 Å². The minimum atomic E-state index is -0.0687. The second kappa shape index (κ2) is 12.2. The van der Waals surface area contributed by atoms with Crippen molar-refractivity contribution in [1.82, 2.24) is 9.88 Å². The van der Waals surface area contributed by atoms with Crippen LogP contribution in [0.25, 0.3) is 0 Å². The first-order chi connectivity index (χ1) is 17.2. The van der Waals surface area contributed by atoms with E-state index in [9.17, 15) is 4.79 Å². The van der Waals surface area contributed by atoms with E-state index in [0.717, 1.165) is 51.7 Å². The predicted molar refractivity (Wildman–Crippen MR) is 136 cm³/mol. The van der Waals surface area contributed by atoms with Gasteiger partial charge in [-0.3, -0.25) is 9.78 Å². The molecule has 4 aliphatic rings. The minimum Gasteiger partial charge on any atom is -1.00 e. The molecule has 0 radical (unpaired) electrons. The number of piperidine rings is 1. The van der Waals surface area contributed by atoms with Gasteiger partial charge in [-0.25, -0.2) is 0 Å². The fourth-order valence-corrected chi connectivity index (χ4v) is 8.18. The van der Waals surface area contributed by atoms with Crippen molar-refractivity contribution in [3.05, 3.63) is 58.6 Å². The largest absolute Gasteiger partial charge is 1.00 e. The molecule has 1 saturated carbocycles. The quantitative estimate of drug-likeness (QED) is 0.425. The Hall–Kier alpha value is -1.40. The Labute approximate surface area is 238 Å². The van der Waals surface area contributed by atoms with Crippen molar-refractivity contribution in [3.63, 3.8) is 0 Å². The van der Waals surface area contributed by atoms with Gasteiger partial charge in [0.1, 0.15) is 5.92 Å². The van der Waals surface area contributed by atoms with Crippen LogP contribution in [0.1, 0.15) is 80.7 Å². The van der Waals surface area contributed by atoms with E-state index in [1.807, 2.05) is 18.3 Å². The highest BCUT2D eigenvalue weighted by Gasteiger charge is 2.56. The molecule has 6 rings (SSSR count). The number of fused-ring (bicyclic) bond motifs is 2. The number of hydrogen-bond donors (Lipinski definition) is 1. The first-order valence-corrected chi connectivity index (χ1v) is 14.3. The van der Waals surface area contributed by atoms with Crippen LogP contribution in [0.2, 0.25) is 5.15 Å². The van der Waals surface area contributed by atoms with E-state index in [1.165, 1.54) is 49.1 Å². The van der Waals surface area contributed by atoms with Gasteiger partial charge in [-0.15, -0.1) is 0 Å². The number of rotatable bonds is 3. The van der Waals surface area contributed by atoms with Gasteiger partial charge in [-0.05, 0) is 74.2 Å². The minimum absolute atomic E-state index is 0. The summed E-state index contributed by atoms with van der Waals surface area (Å²) in [5, 5.41) is 3.09. The number of aryl methyl sites for hydroxylation is 1. The van der Waals surface area contributed by atoms with E-state index < -0.39 is 0 Å². The number of likely N-dealkylation sites (tertiary alicyclic amines) is 1. The van der Waals surface area contributed by atoms with Crippen molar-refractivity contribution in [3.8, 4) is 0 Å². The molecule has 2 unspecified atom stereocenters. The number of nitrogens with one attached hydrogen (secondary N) is 1. The van der Waals surface area contributed by atoms with Crippen LogP contribution >= 0.6 is 11.6 Å². The van der Waals surface area contributed by atoms with E-state index in [-0.39, 0.29) is 36.1 Å². The number of halogens is 3. The highest BCUT2D eigenvalue weighted by Crippen LogP contribution is 2.45.